The zero-order valence-electron chi connectivity index (χ0n) is 9.66. The Bertz CT molecular complexity index is 319. The Hall–Kier alpha value is -0.930. The van der Waals surface area contributed by atoms with Crippen LogP contribution >= 0.6 is 0 Å². The Morgan fingerprint density at radius 1 is 1.38 bits per heavy atom. The molecule has 1 aromatic carbocycles. The summed E-state index contributed by atoms with van der Waals surface area (Å²) in [6, 6.07) is 6.69. The van der Waals surface area contributed by atoms with Gasteiger partial charge in [0.05, 0.1) is 6.10 Å². The molecule has 0 spiro atoms. The topological polar surface area (TPSA) is 12.5 Å². The number of hydrogen-bond acceptors (Lipinski definition) is 2. The highest BCUT2D eigenvalue weighted by Crippen LogP contribution is 2.14. The predicted octanol–water partition coefficient (Wildman–Crippen LogP) is 2.44. The molecule has 1 atom stereocenters. The van der Waals surface area contributed by atoms with E-state index in [1.54, 1.807) is 0 Å². The summed E-state index contributed by atoms with van der Waals surface area (Å²) in [6.45, 7) is 2.70. The molecule has 0 aromatic heterocycles. The molecule has 2 rings (SSSR count). The minimum absolute atomic E-state index is 0.175. The summed E-state index contributed by atoms with van der Waals surface area (Å²) >= 11 is 0. The fraction of sp³-hybridized carbons (Fsp3) is 0.538. The van der Waals surface area contributed by atoms with Crippen LogP contribution in [0.3, 0.4) is 0 Å². The van der Waals surface area contributed by atoms with Crippen molar-refractivity contribution >= 4 is 0 Å². The molecule has 0 radical (unpaired) electrons. The fourth-order valence-electron chi connectivity index (χ4n) is 2.10. The lowest BCUT2D eigenvalue weighted by Crippen LogP contribution is -2.28. The highest BCUT2D eigenvalue weighted by molar-refractivity contribution is 5.15. The van der Waals surface area contributed by atoms with Crippen molar-refractivity contribution in [1.82, 2.24) is 4.90 Å². The number of likely N-dealkylation sites (N-methyl/N-ethyl adjacent to an activating group) is 1. The van der Waals surface area contributed by atoms with Crippen LogP contribution in [-0.2, 0) is 11.3 Å². The van der Waals surface area contributed by atoms with Gasteiger partial charge in [0.1, 0.15) is 5.82 Å². The van der Waals surface area contributed by atoms with E-state index in [-0.39, 0.29) is 5.82 Å². The lowest BCUT2D eigenvalue weighted by molar-refractivity contribution is 0.0793. The van der Waals surface area contributed by atoms with Crippen molar-refractivity contribution in [2.24, 2.45) is 0 Å². The van der Waals surface area contributed by atoms with Gasteiger partial charge in [0.2, 0.25) is 0 Å². The first-order valence-corrected chi connectivity index (χ1v) is 5.78. The van der Waals surface area contributed by atoms with E-state index in [4.69, 9.17) is 4.74 Å². The molecular weight excluding hydrogens is 205 g/mol. The van der Waals surface area contributed by atoms with Crippen molar-refractivity contribution in [3.05, 3.63) is 35.6 Å². The minimum Gasteiger partial charge on any atom is -0.377 e. The second-order valence-electron chi connectivity index (χ2n) is 4.46. The first kappa shape index (κ1) is 11.6. The largest absolute Gasteiger partial charge is 0.377 e. The van der Waals surface area contributed by atoms with Crippen molar-refractivity contribution in [2.45, 2.75) is 25.5 Å². The molecule has 1 aliphatic heterocycles. The summed E-state index contributed by atoms with van der Waals surface area (Å²) in [6.07, 6.45) is 2.72. The van der Waals surface area contributed by atoms with Gasteiger partial charge in [-0.15, -0.1) is 0 Å². The second-order valence-corrected chi connectivity index (χ2v) is 4.46. The number of rotatable bonds is 4. The van der Waals surface area contributed by atoms with Crippen LogP contribution in [0, 0.1) is 5.82 Å². The minimum atomic E-state index is -0.175. The van der Waals surface area contributed by atoms with E-state index in [1.807, 2.05) is 12.1 Å². The van der Waals surface area contributed by atoms with Crippen LogP contribution in [0.25, 0.3) is 0 Å². The van der Waals surface area contributed by atoms with Crippen molar-refractivity contribution in [1.29, 1.82) is 0 Å². The summed E-state index contributed by atoms with van der Waals surface area (Å²) < 4.78 is 18.3. The lowest BCUT2D eigenvalue weighted by atomic mass is 10.2. The molecule has 0 aliphatic carbocycles. The van der Waals surface area contributed by atoms with Crippen LogP contribution < -0.4 is 0 Å². The predicted molar refractivity (Wildman–Crippen MR) is 61.7 cm³/mol. The molecule has 3 heteroatoms. The maximum atomic E-state index is 12.7. The van der Waals surface area contributed by atoms with Crippen molar-refractivity contribution in [3.63, 3.8) is 0 Å². The molecule has 0 saturated carbocycles. The van der Waals surface area contributed by atoms with Crippen LogP contribution in [0.4, 0.5) is 4.39 Å². The van der Waals surface area contributed by atoms with Gasteiger partial charge in [-0.1, -0.05) is 12.1 Å². The first-order valence-electron chi connectivity index (χ1n) is 5.78. The van der Waals surface area contributed by atoms with Crippen LogP contribution in [0.2, 0.25) is 0 Å². The number of hydrogen-bond donors (Lipinski definition) is 0. The number of halogens is 1. The van der Waals surface area contributed by atoms with Crippen LogP contribution in [0.1, 0.15) is 18.4 Å². The molecule has 1 heterocycles. The van der Waals surface area contributed by atoms with E-state index in [1.165, 1.54) is 18.6 Å². The van der Waals surface area contributed by atoms with E-state index in [0.717, 1.165) is 31.7 Å². The Kier molecular flexibility index (Phi) is 3.91. The molecular formula is C13H18FNO. The Balaban J connectivity index is 1.81. The number of ether oxygens (including phenoxy) is 1. The molecule has 1 unspecified atom stereocenters. The van der Waals surface area contributed by atoms with Gasteiger partial charge in [0.15, 0.2) is 0 Å². The van der Waals surface area contributed by atoms with E-state index >= 15 is 0 Å². The summed E-state index contributed by atoms with van der Waals surface area (Å²) in [7, 11) is 2.07. The van der Waals surface area contributed by atoms with Crippen LogP contribution in [0.5, 0.6) is 0 Å². The third-order valence-corrected chi connectivity index (χ3v) is 2.91. The number of benzene rings is 1. The van der Waals surface area contributed by atoms with Crippen molar-refractivity contribution < 1.29 is 9.13 Å². The molecule has 2 nitrogen and oxygen atoms in total. The maximum Gasteiger partial charge on any atom is 0.123 e. The molecule has 1 saturated heterocycles. The quantitative estimate of drug-likeness (QED) is 0.777. The average Bonchev–Trinajstić information content (AvgIpc) is 2.74. The van der Waals surface area contributed by atoms with Gasteiger partial charge in [-0.2, -0.15) is 0 Å². The van der Waals surface area contributed by atoms with Gasteiger partial charge in [-0.05, 0) is 37.6 Å². The molecule has 16 heavy (non-hydrogen) atoms. The molecule has 0 amide bonds. The smallest absolute Gasteiger partial charge is 0.123 e. The Labute approximate surface area is 96.0 Å². The first-order chi connectivity index (χ1) is 7.74. The molecule has 1 aliphatic rings. The maximum absolute atomic E-state index is 12.7. The third-order valence-electron chi connectivity index (χ3n) is 2.91. The summed E-state index contributed by atoms with van der Waals surface area (Å²) in [5.74, 6) is -0.175. The fourth-order valence-corrected chi connectivity index (χ4v) is 2.10. The van der Waals surface area contributed by atoms with Gasteiger partial charge in [0.25, 0.3) is 0 Å². The molecule has 88 valence electrons. The third kappa shape index (κ3) is 3.29. The van der Waals surface area contributed by atoms with Gasteiger partial charge in [0, 0.05) is 19.7 Å². The number of nitrogens with zero attached hydrogens (tertiary/aromatic N) is 1. The van der Waals surface area contributed by atoms with Gasteiger partial charge < -0.3 is 4.74 Å². The van der Waals surface area contributed by atoms with E-state index in [0.29, 0.717) is 6.10 Å². The van der Waals surface area contributed by atoms with E-state index in [2.05, 4.69) is 11.9 Å². The highest BCUT2D eigenvalue weighted by atomic mass is 19.1. The van der Waals surface area contributed by atoms with E-state index < -0.39 is 0 Å². The van der Waals surface area contributed by atoms with Crippen LogP contribution in [0.15, 0.2) is 24.3 Å². The summed E-state index contributed by atoms with van der Waals surface area (Å²) in [5, 5.41) is 0. The Morgan fingerprint density at radius 2 is 2.12 bits per heavy atom. The van der Waals surface area contributed by atoms with Crippen molar-refractivity contribution in [2.75, 3.05) is 20.2 Å². The zero-order valence-corrected chi connectivity index (χ0v) is 9.66. The monoisotopic (exact) mass is 223 g/mol. The van der Waals surface area contributed by atoms with E-state index in [9.17, 15) is 4.39 Å². The molecule has 0 N–H and O–H groups in total. The van der Waals surface area contributed by atoms with Crippen molar-refractivity contribution in [3.8, 4) is 0 Å². The van der Waals surface area contributed by atoms with Crippen LogP contribution in [-0.4, -0.2) is 31.2 Å². The summed E-state index contributed by atoms with van der Waals surface area (Å²) in [5.41, 5.74) is 1.14. The average molecular weight is 223 g/mol. The second kappa shape index (κ2) is 5.41. The molecule has 1 aromatic rings. The zero-order chi connectivity index (χ0) is 11.4. The standard InChI is InChI=1S/C13H18FNO/c1-15(10-13-3-2-8-16-13)9-11-4-6-12(14)7-5-11/h4-7,13H,2-3,8-10H2,1H3. The highest BCUT2D eigenvalue weighted by Gasteiger charge is 2.17. The van der Waals surface area contributed by atoms with Gasteiger partial charge in [-0.3, -0.25) is 4.90 Å². The normalized spacial score (nSPS) is 20.6. The van der Waals surface area contributed by atoms with Gasteiger partial charge in [-0.25, -0.2) is 4.39 Å². The summed E-state index contributed by atoms with van der Waals surface area (Å²) in [4.78, 5) is 2.23. The SMILES string of the molecule is CN(Cc1ccc(F)cc1)CC1CCCO1. The van der Waals surface area contributed by atoms with Gasteiger partial charge >= 0.3 is 0 Å². The molecule has 1 fully saturated rings. The lowest BCUT2D eigenvalue weighted by Gasteiger charge is -2.20. The molecule has 0 bridgehead atoms. The Morgan fingerprint density at radius 3 is 2.75 bits per heavy atom.